The highest BCUT2D eigenvalue weighted by atomic mass is 19.1. The summed E-state index contributed by atoms with van der Waals surface area (Å²) in [6.07, 6.45) is 2.77. The molecule has 7 heteroatoms. The van der Waals surface area contributed by atoms with E-state index in [4.69, 9.17) is 4.42 Å². The zero-order chi connectivity index (χ0) is 20.5. The van der Waals surface area contributed by atoms with Gasteiger partial charge < -0.3 is 15.1 Å². The fourth-order valence-electron chi connectivity index (χ4n) is 2.79. The molecule has 0 spiro atoms. The van der Waals surface area contributed by atoms with Crippen molar-refractivity contribution in [2.75, 3.05) is 19.6 Å². The van der Waals surface area contributed by atoms with Gasteiger partial charge in [-0.05, 0) is 49.2 Å². The first-order valence-electron chi connectivity index (χ1n) is 9.61. The number of oxazole rings is 1. The van der Waals surface area contributed by atoms with Gasteiger partial charge in [-0.25, -0.2) is 13.8 Å². The van der Waals surface area contributed by atoms with Gasteiger partial charge >= 0.3 is 0 Å². The van der Waals surface area contributed by atoms with Crippen LogP contribution in [0, 0.1) is 11.6 Å². The monoisotopic (exact) mass is 398 g/mol. The molecule has 1 aromatic heterocycles. The molecule has 3 rings (SSSR count). The summed E-state index contributed by atoms with van der Waals surface area (Å²) in [5, 5.41) is 6.38. The number of hydrogen-bond acceptors (Lipinski definition) is 3. The third kappa shape index (κ3) is 6.14. The van der Waals surface area contributed by atoms with Gasteiger partial charge in [0.05, 0.1) is 5.69 Å². The van der Waals surface area contributed by atoms with Gasteiger partial charge in [0.1, 0.15) is 17.9 Å². The van der Waals surface area contributed by atoms with Crippen LogP contribution in [0.3, 0.4) is 0 Å². The third-order valence-corrected chi connectivity index (χ3v) is 4.27. The van der Waals surface area contributed by atoms with Crippen LogP contribution < -0.4 is 10.6 Å². The lowest BCUT2D eigenvalue weighted by molar-refractivity contribution is 0.572. The van der Waals surface area contributed by atoms with E-state index in [0.29, 0.717) is 43.3 Å². The number of aliphatic imine (C=N–C) groups is 1. The fraction of sp³-hybridized carbons (Fsp3) is 0.273. The van der Waals surface area contributed by atoms with Crippen LogP contribution in [-0.4, -0.2) is 30.6 Å². The standard InChI is InChI=1S/C22H24F2N4O/c1-2-25-22(26-13-11-16-5-3-4-6-20(16)24)27-14-12-19-15-29-21(28-19)17-7-9-18(23)10-8-17/h3-10,15H,2,11-14H2,1H3,(H2,25,26,27). The van der Waals surface area contributed by atoms with Crippen molar-refractivity contribution in [1.82, 2.24) is 15.6 Å². The van der Waals surface area contributed by atoms with Crippen molar-refractivity contribution in [1.29, 1.82) is 0 Å². The molecule has 0 saturated heterocycles. The van der Waals surface area contributed by atoms with E-state index in [1.54, 1.807) is 30.5 Å². The highest BCUT2D eigenvalue weighted by Gasteiger charge is 2.07. The molecule has 1 heterocycles. The molecule has 0 radical (unpaired) electrons. The van der Waals surface area contributed by atoms with E-state index in [1.807, 2.05) is 13.0 Å². The maximum Gasteiger partial charge on any atom is 0.226 e. The predicted octanol–water partition coefficient (Wildman–Crippen LogP) is 3.96. The van der Waals surface area contributed by atoms with Crippen molar-refractivity contribution in [3.63, 3.8) is 0 Å². The first-order valence-corrected chi connectivity index (χ1v) is 9.61. The van der Waals surface area contributed by atoms with E-state index < -0.39 is 0 Å². The topological polar surface area (TPSA) is 62.5 Å². The zero-order valence-corrected chi connectivity index (χ0v) is 16.3. The normalized spacial score (nSPS) is 11.5. The van der Waals surface area contributed by atoms with Gasteiger partial charge in [-0.3, -0.25) is 4.99 Å². The van der Waals surface area contributed by atoms with Crippen LogP contribution >= 0.6 is 0 Å². The Bertz CT molecular complexity index is 938. The van der Waals surface area contributed by atoms with E-state index in [9.17, 15) is 8.78 Å². The molecule has 0 aliphatic heterocycles. The molecule has 0 bridgehead atoms. The molecule has 0 atom stereocenters. The lowest BCUT2D eigenvalue weighted by Crippen LogP contribution is -2.38. The maximum absolute atomic E-state index is 13.7. The van der Waals surface area contributed by atoms with Crippen molar-refractivity contribution in [2.45, 2.75) is 19.8 Å². The van der Waals surface area contributed by atoms with Crippen molar-refractivity contribution in [3.8, 4) is 11.5 Å². The molecular weight excluding hydrogens is 374 g/mol. The molecule has 2 N–H and O–H groups in total. The average Bonchev–Trinajstić information content (AvgIpc) is 3.19. The van der Waals surface area contributed by atoms with Crippen LogP contribution in [0.2, 0.25) is 0 Å². The summed E-state index contributed by atoms with van der Waals surface area (Å²) >= 11 is 0. The number of aromatic nitrogens is 1. The molecule has 0 aliphatic carbocycles. The van der Waals surface area contributed by atoms with Crippen molar-refractivity contribution >= 4 is 5.96 Å². The second kappa shape index (κ2) is 10.4. The van der Waals surface area contributed by atoms with Gasteiger partial charge in [0.25, 0.3) is 0 Å². The summed E-state index contributed by atoms with van der Waals surface area (Å²) in [6, 6.07) is 12.8. The highest BCUT2D eigenvalue weighted by molar-refractivity contribution is 5.79. The molecule has 0 fully saturated rings. The summed E-state index contributed by atoms with van der Waals surface area (Å²) in [7, 11) is 0. The van der Waals surface area contributed by atoms with E-state index in [0.717, 1.165) is 17.8 Å². The van der Waals surface area contributed by atoms with Gasteiger partial charge in [0.15, 0.2) is 5.96 Å². The van der Waals surface area contributed by atoms with Crippen molar-refractivity contribution in [2.24, 2.45) is 4.99 Å². The molecule has 0 saturated carbocycles. The van der Waals surface area contributed by atoms with Crippen LogP contribution in [0.25, 0.3) is 11.5 Å². The molecule has 0 amide bonds. The third-order valence-electron chi connectivity index (χ3n) is 4.27. The lowest BCUT2D eigenvalue weighted by atomic mass is 10.1. The first kappa shape index (κ1) is 20.5. The number of guanidine groups is 1. The minimum absolute atomic E-state index is 0.195. The second-order valence-electron chi connectivity index (χ2n) is 6.43. The fourth-order valence-corrected chi connectivity index (χ4v) is 2.79. The van der Waals surface area contributed by atoms with Crippen LogP contribution in [0.1, 0.15) is 18.2 Å². The zero-order valence-electron chi connectivity index (χ0n) is 16.3. The molecule has 152 valence electrons. The highest BCUT2D eigenvalue weighted by Crippen LogP contribution is 2.19. The van der Waals surface area contributed by atoms with Gasteiger partial charge in [0.2, 0.25) is 5.89 Å². The smallest absolute Gasteiger partial charge is 0.226 e. The minimum atomic E-state index is -0.298. The average molecular weight is 398 g/mol. The number of nitrogens with zero attached hydrogens (tertiary/aromatic N) is 2. The molecule has 3 aromatic rings. The van der Waals surface area contributed by atoms with Gasteiger partial charge in [-0.2, -0.15) is 0 Å². The Kier molecular flexibility index (Phi) is 7.33. The minimum Gasteiger partial charge on any atom is -0.444 e. The molecule has 0 aliphatic rings. The Morgan fingerprint density at radius 3 is 2.59 bits per heavy atom. The van der Waals surface area contributed by atoms with E-state index in [1.165, 1.54) is 18.2 Å². The molecule has 5 nitrogen and oxygen atoms in total. The number of rotatable bonds is 8. The lowest BCUT2D eigenvalue weighted by Gasteiger charge is -2.11. The number of hydrogen-bond donors (Lipinski definition) is 2. The Morgan fingerprint density at radius 1 is 1.03 bits per heavy atom. The molecule has 0 unspecified atom stereocenters. The van der Waals surface area contributed by atoms with Gasteiger partial charge in [0, 0.05) is 31.6 Å². The summed E-state index contributed by atoms with van der Waals surface area (Å²) < 4.78 is 32.2. The SMILES string of the molecule is CCNC(=NCCc1coc(-c2ccc(F)cc2)n1)NCCc1ccccc1F. The second-order valence-corrected chi connectivity index (χ2v) is 6.43. The van der Waals surface area contributed by atoms with E-state index in [2.05, 4.69) is 20.6 Å². The van der Waals surface area contributed by atoms with Crippen molar-refractivity contribution < 1.29 is 13.2 Å². The summed E-state index contributed by atoms with van der Waals surface area (Å²) in [5.74, 6) is 0.637. The van der Waals surface area contributed by atoms with Crippen LogP contribution in [0.15, 0.2) is 64.2 Å². The van der Waals surface area contributed by atoms with E-state index >= 15 is 0 Å². The quantitative estimate of drug-likeness (QED) is 0.445. The van der Waals surface area contributed by atoms with E-state index in [-0.39, 0.29) is 11.6 Å². The van der Waals surface area contributed by atoms with Crippen LogP contribution in [0.4, 0.5) is 8.78 Å². The number of nitrogens with one attached hydrogen (secondary N) is 2. The Balaban J connectivity index is 1.51. The summed E-state index contributed by atoms with van der Waals surface area (Å²) in [6.45, 7) is 3.81. The Morgan fingerprint density at radius 2 is 1.83 bits per heavy atom. The molecular formula is C22H24F2N4O. The van der Waals surface area contributed by atoms with Gasteiger partial charge in [-0.1, -0.05) is 18.2 Å². The predicted molar refractivity (Wildman–Crippen MR) is 110 cm³/mol. The molecule has 2 aromatic carbocycles. The van der Waals surface area contributed by atoms with Gasteiger partial charge in [-0.15, -0.1) is 0 Å². The summed E-state index contributed by atoms with van der Waals surface area (Å²) in [4.78, 5) is 8.95. The Hall–Kier alpha value is -3.22. The molecule has 29 heavy (non-hydrogen) atoms. The maximum atomic E-state index is 13.7. The number of halogens is 2. The summed E-state index contributed by atoms with van der Waals surface area (Å²) in [5.41, 5.74) is 2.17. The number of benzene rings is 2. The largest absolute Gasteiger partial charge is 0.444 e. The first-order chi connectivity index (χ1) is 14.2. The van der Waals surface area contributed by atoms with Crippen LogP contribution in [0.5, 0.6) is 0 Å². The van der Waals surface area contributed by atoms with Crippen molar-refractivity contribution in [3.05, 3.63) is 77.7 Å². The van der Waals surface area contributed by atoms with Crippen LogP contribution in [-0.2, 0) is 12.8 Å². The Labute approximate surface area is 168 Å².